The summed E-state index contributed by atoms with van der Waals surface area (Å²) in [6, 6.07) is 43.9. The van der Waals surface area contributed by atoms with E-state index in [1.165, 1.54) is 22.7 Å². The number of hydrogen-bond donors (Lipinski definition) is 0. The van der Waals surface area contributed by atoms with Gasteiger partial charge in [0.25, 0.3) is 0 Å². The molecule has 0 spiro atoms. The summed E-state index contributed by atoms with van der Waals surface area (Å²) in [7, 11) is 26.3. The van der Waals surface area contributed by atoms with Crippen LogP contribution in [-0.2, 0) is 17.1 Å². The van der Waals surface area contributed by atoms with Crippen LogP contribution in [0.15, 0.2) is 121 Å². The number of aromatic nitrogens is 4. The molecule has 2 aliphatic rings. The van der Waals surface area contributed by atoms with Gasteiger partial charge in [-0.25, -0.2) is 9.97 Å². The van der Waals surface area contributed by atoms with Gasteiger partial charge in [-0.3, -0.25) is 17.9 Å². The van der Waals surface area contributed by atoms with Crippen LogP contribution in [0, 0.1) is 0 Å². The van der Waals surface area contributed by atoms with E-state index in [1.54, 1.807) is 0 Å². The predicted octanol–water partition coefficient (Wildman–Crippen LogP) is -0.618. The monoisotopic (exact) mass is 1050 g/mol. The van der Waals surface area contributed by atoms with Gasteiger partial charge in [-0.15, -0.1) is 22.1 Å². The normalized spacial score (nSPS) is 12.2. The van der Waals surface area contributed by atoms with Crippen LogP contribution in [0.3, 0.4) is 0 Å². The largest absolute Gasteiger partial charge is 2.00 e. The van der Waals surface area contributed by atoms with Crippen molar-refractivity contribution in [3.8, 4) is 44.5 Å². The van der Waals surface area contributed by atoms with E-state index in [0.29, 0.717) is 17.9 Å². The second-order valence-corrected chi connectivity index (χ2v) is 20.6. The Morgan fingerprint density at radius 3 is 0.609 bits per heavy atom. The maximum Gasteiger partial charge on any atom is 2.00 e. The van der Waals surface area contributed by atoms with E-state index in [0.717, 1.165) is 89.4 Å². The number of hydrogen-bond acceptors (Lipinski definition) is 2. The van der Waals surface area contributed by atoms with Crippen molar-refractivity contribution in [2.24, 2.45) is 0 Å². The van der Waals surface area contributed by atoms with Crippen LogP contribution in [0.2, 0.25) is 0 Å². The molecule has 5 heterocycles. The molecule has 0 atom stereocenters. The first-order valence-electron chi connectivity index (χ1n) is 22.0. The summed E-state index contributed by atoms with van der Waals surface area (Å²) in [6.45, 7) is 0. The SMILES string of the molecule is C[N+](C)(C)c1ccc(-c2c3nc(c(-c4ccc([N+](C)(C)C)cc4)c4ccc([n-]4)c(-c4ccc([N+](C)(C)C)cc4)c4nc(c(-c5ccc([N+](C)(C)C)cc5)c5ccc2[n-]5)C=C4)C=C3)cc1.[Cl-].[Cl-].[Cl-].[Cl-].[Cu+2]. The van der Waals surface area contributed by atoms with Gasteiger partial charge in [-0.1, -0.05) is 24.3 Å². The van der Waals surface area contributed by atoms with Crippen LogP contribution >= 0.6 is 0 Å². The Balaban J connectivity index is 0.00000207. The summed E-state index contributed by atoms with van der Waals surface area (Å²) in [4.78, 5) is 22.0. The molecule has 0 amide bonds. The first-order valence-corrected chi connectivity index (χ1v) is 22.0. The van der Waals surface area contributed by atoms with Crippen molar-refractivity contribution in [2.45, 2.75) is 0 Å². The van der Waals surface area contributed by atoms with Gasteiger partial charge in [0.1, 0.15) is 22.7 Å². The van der Waals surface area contributed by atoms with Crippen molar-refractivity contribution in [2.75, 3.05) is 84.6 Å². The van der Waals surface area contributed by atoms with Crippen molar-refractivity contribution < 1.29 is 66.7 Å². The standard InChI is InChI=1S/C56H60N8.4ClH.Cu/c1-61(2,3)41-21-13-37(14-22-41)53-45-29-31-47(57-45)54(38-15-23-42(24-16-38)62(4,5)6)49-33-35-51(59-49)56(40-19-27-44(28-20-40)64(10,11)12)52-36-34-50(60-52)55(48-32-30-46(53)58-48)39-17-25-43(26-18-39)63(7,8)9;;;;;/h13-36H,1-12H3;4*1H;/q+2;;;;;+2/p-4. The number of rotatable bonds is 8. The van der Waals surface area contributed by atoms with Crippen molar-refractivity contribution in [3.63, 3.8) is 0 Å². The van der Waals surface area contributed by atoms with Gasteiger partial charge >= 0.3 is 17.1 Å². The molecule has 0 saturated carbocycles. The minimum atomic E-state index is 0. The molecule has 0 unspecified atom stereocenters. The molecule has 0 aliphatic carbocycles. The van der Waals surface area contributed by atoms with Crippen molar-refractivity contribution in [1.82, 2.24) is 37.9 Å². The summed E-state index contributed by atoms with van der Waals surface area (Å²) in [5.41, 5.74) is 19.7. The minimum absolute atomic E-state index is 0. The maximum absolute atomic E-state index is 5.50. The quantitative estimate of drug-likeness (QED) is 0.151. The molecule has 69 heavy (non-hydrogen) atoms. The Hall–Kier alpha value is -5.00. The van der Waals surface area contributed by atoms with Crippen LogP contribution in [0.25, 0.3) is 90.9 Å². The van der Waals surface area contributed by atoms with Crippen molar-refractivity contribution in [1.29, 1.82) is 0 Å². The molecule has 0 N–H and O–H groups in total. The van der Waals surface area contributed by atoms with Crippen LogP contribution in [0.5, 0.6) is 0 Å². The van der Waals surface area contributed by atoms with E-state index >= 15 is 0 Å². The molecule has 7 aromatic rings. The minimum Gasteiger partial charge on any atom is -1.00 e. The van der Waals surface area contributed by atoms with Crippen molar-refractivity contribution in [3.05, 3.63) is 144 Å². The smallest absolute Gasteiger partial charge is 1.00 e. The zero-order valence-corrected chi connectivity index (χ0v) is 45.2. The zero-order valence-electron chi connectivity index (χ0n) is 41.2. The van der Waals surface area contributed by atoms with E-state index in [4.69, 9.17) is 19.9 Å². The van der Waals surface area contributed by atoms with E-state index in [-0.39, 0.29) is 66.7 Å². The molecule has 2 aliphatic heterocycles. The maximum atomic E-state index is 5.50. The Labute approximate surface area is 444 Å². The fourth-order valence-corrected chi connectivity index (χ4v) is 8.57. The van der Waals surface area contributed by atoms with Gasteiger partial charge < -0.3 is 59.6 Å². The summed E-state index contributed by atoms with van der Waals surface area (Å²) in [6.07, 6.45) is 8.56. The molecular formula is C56H60Cl4CuN8. The number of benzene rings is 4. The van der Waals surface area contributed by atoms with Gasteiger partial charge in [-0.2, -0.15) is 0 Å². The van der Waals surface area contributed by atoms with Gasteiger partial charge in [-0.05, 0) is 166 Å². The Morgan fingerprint density at radius 1 is 0.275 bits per heavy atom. The van der Waals surface area contributed by atoms with Crippen LogP contribution in [0.1, 0.15) is 22.8 Å². The summed E-state index contributed by atoms with van der Waals surface area (Å²) in [5.74, 6) is 0. The Kier molecular flexibility index (Phi) is 17.3. The average molecular weight is 1050 g/mol. The fourth-order valence-electron chi connectivity index (χ4n) is 8.57. The molecule has 0 fully saturated rings. The summed E-state index contributed by atoms with van der Waals surface area (Å²) in [5, 5.41) is 0. The summed E-state index contributed by atoms with van der Waals surface area (Å²) < 4.78 is 2.86. The Bertz CT molecular complexity index is 2740. The van der Waals surface area contributed by atoms with Crippen LogP contribution in [-0.4, -0.2) is 94.5 Å². The molecule has 8 nitrogen and oxygen atoms in total. The second-order valence-electron chi connectivity index (χ2n) is 20.6. The molecule has 4 aromatic carbocycles. The number of nitrogens with zero attached hydrogens (tertiary/aromatic N) is 8. The number of quaternary nitrogens is 4. The summed E-state index contributed by atoms with van der Waals surface area (Å²) >= 11 is 0. The Morgan fingerprint density at radius 2 is 0.449 bits per heavy atom. The first-order chi connectivity index (χ1) is 30.2. The second kappa shape index (κ2) is 21.2. The molecule has 9 rings (SSSR count). The zero-order chi connectivity index (χ0) is 45.3. The topological polar surface area (TPSA) is 54.0 Å². The van der Waals surface area contributed by atoms with E-state index in [9.17, 15) is 0 Å². The predicted molar refractivity (Wildman–Crippen MR) is 277 cm³/mol. The van der Waals surface area contributed by atoms with Gasteiger partial charge in [0.05, 0.1) is 107 Å². The van der Waals surface area contributed by atoms with E-state index in [1.807, 2.05) is 0 Å². The van der Waals surface area contributed by atoms with Crippen LogP contribution < -0.4 is 77.5 Å². The third-order valence-electron chi connectivity index (χ3n) is 12.3. The van der Waals surface area contributed by atoms with E-state index in [2.05, 4.69) is 230 Å². The molecule has 1 radical (unpaired) electrons. The van der Waals surface area contributed by atoms with Crippen LogP contribution in [0.4, 0.5) is 22.7 Å². The molecule has 3 aromatic heterocycles. The van der Waals surface area contributed by atoms with E-state index < -0.39 is 0 Å². The van der Waals surface area contributed by atoms with Gasteiger partial charge in [0, 0.05) is 0 Å². The number of fused-ring (bicyclic) bond motifs is 8. The first kappa shape index (κ1) is 56.6. The third kappa shape index (κ3) is 11.5. The molecular weight excluding hydrogens is 990 g/mol. The van der Waals surface area contributed by atoms with Gasteiger partial charge in [0.15, 0.2) is 0 Å². The number of halogens is 4. The van der Waals surface area contributed by atoms with Crippen molar-refractivity contribution >= 4 is 69.1 Å². The van der Waals surface area contributed by atoms with Gasteiger partial charge in [0.2, 0.25) is 0 Å². The molecule has 13 heteroatoms. The molecule has 8 bridgehead atoms. The molecule has 363 valence electrons. The third-order valence-corrected chi connectivity index (χ3v) is 12.3. The molecule has 0 saturated heterocycles. The average Bonchev–Trinajstić information content (AvgIpc) is 4.08. The fraction of sp³-hybridized carbons (Fsp3) is 0.214.